The SMILES string of the molecule is CCCCCCCCCCCCCCCCCCC(=O)OC[C@H](COC(=O)CCCCCCCCCCCCC(C)C)OC(=O)CCCCCCCCCCCCCC(C)C. The summed E-state index contributed by atoms with van der Waals surface area (Å²) in [5.41, 5.74) is 0. The molecule has 6 nitrogen and oxygen atoms in total. The van der Waals surface area contributed by atoms with Crippen molar-refractivity contribution in [2.24, 2.45) is 11.8 Å². The van der Waals surface area contributed by atoms with Crippen LogP contribution in [0.2, 0.25) is 0 Å². The van der Waals surface area contributed by atoms with Crippen molar-refractivity contribution in [3.63, 3.8) is 0 Å². The van der Waals surface area contributed by atoms with Crippen molar-refractivity contribution in [3.8, 4) is 0 Å². The van der Waals surface area contributed by atoms with E-state index < -0.39 is 6.10 Å². The van der Waals surface area contributed by atoms with Crippen molar-refractivity contribution in [2.75, 3.05) is 13.2 Å². The summed E-state index contributed by atoms with van der Waals surface area (Å²) in [5, 5.41) is 0. The van der Waals surface area contributed by atoms with Crippen LogP contribution in [0.4, 0.5) is 0 Å². The lowest BCUT2D eigenvalue weighted by molar-refractivity contribution is -0.167. The van der Waals surface area contributed by atoms with Gasteiger partial charge in [-0.05, 0) is 31.1 Å². The monoisotopic (exact) mass is 863 g/mol. The third kappa shape index (κ3) is 49.3. The molecule has 0 bridgehead atoms. The average Bonchev–Trinajstić information content (AvgIpc) is 3.23. The molecular weight excluding hydrogens is 757 g/mol. The highest BCUT2D eigenvalue weighted by atomic mass is 16.6. The smallest absolute Gasteiger partial charge is 0.306 e. The van der Waals surface area contributed by atoms with Gasteiger partial charge < -0.3 is 14.2 Å². The average molecular weight is 863 g/mol. The third-order valence-corrected chi connectivity index (χ3v) is 12.5. The first-order chi connectivity index (χ1) is 29.7. The van der Waals surface area contributed by atoms with Crippen molar-refractivity contribution >= 4 is 17.9 Å². The molecule has 0 aromatic rings. The summed E-state index contributed by atoms with van der Waals surface area (Å²) in [7, 11) is 0. The molecule has 0 saturated heterocycles. The maximum atomic E-state index is 12.8. The first kappa shape index (κ1) is 59.4. The Hall–Kier alpha value is -1.59. The predicted octanol–water partition coefficient (Wildman–Crippen LogP) is 17.7. The molecule has 0 N–H and O–H groups in total. The molecule has 1 atom stereocenters. The van der Waals surface area contributed by atoms with Gasteiger partial charge in [-0.15, -0.1) is 0 Å². The Morgan fingerprint density at radius 1 is 0.311 bits per heavy atom. The summed E-state index contributed by atoms with van der Waals surface area (Å²) < 4.78 is 16.8. The molecule has 0 aromatic heterocycles. The van der Waals surface area contributed by atoms with Crippen molar-refractivity contribution in [2.45, 2.75) is 310 Å². The number of unbranched alkanes of at least 4 members (excludes halogenated alkanes) is 34. The number of ether oxygens (including phenoxy) is 3. The Bertz CT molecular complexity index is 931. The van der Waals surface area contributed by atoms with E-state index in [1.165, 1.54) is 193 Å². The van der Waals surface area contributed by atoms with Crippen LogP contribution in [0.25, 0.3) is 0 Å². The van der Waals surface area contributed by atoms with Gasteiger partial charge in [-0.2, -0.15) is 0 Å². The van der Waals surface area contributed by atoms with Gasteiger partial charge in [-0.3, -0.25) is 14.4 Å². The topological polar surface area (TPSA) is 78.9 Å². The quantitative estimate of drug-likeness (QED) is 0.0344. The summed E-state index contributed by atoms with van der Waals surface area (Å²) in [6, 6.07) is 0. The lowest BCUT2D eigenvalue weighted by Gasteiger charge is -2.18. The minimum absolute atomic E-state index is 0.0633. The Labute approximate surface area is 380 Å². The minimum atomic E-state index is -0.762. The highest BCUT2D eigenvalue weighted by Gasteiger charge is 2.19. The number of rotatable bonds is 49. The van der Waals surface area contributed by atoms with Crippen LogP contribution < -0.4 is 0 Å². The van der Waals surface area contributed by atoms with Crippen molar-refractivity contribution in [1.82, 2.24) is 0 Å². The Kier molecular flexibility index (Phi) is 46.6. The minimum Gasteiger partial charge on any atom is -0.462 e. The second-order valence-electron chi connectivity index (χ2n) is 19.8. The Balaban J connectivity index is 4.31. The van der Waals surface area contributed by atoms with E-state index in [0.29, 0.717) is 19.3 Å². The van der Waals surface area contributed by atoms with Gasteiger partial charge in [0.1, 0.15) is 13.2 Å². The molecule has 0 heterocycles. The number of esters is 3. The predicted molar refractivity (Wildman–Crippen MR) is 261 cm³/mol. The first-order valence-electron chi connectivity index (χ1n) is 27.2. The van der Waals surface area contributed by atoms with Gasteiger partial charge in [0.2, 0.25) is 0 Å². The Morgan fingerprint density at radius 2 is 0.541 bits per heavy atom. The van der Waals surface area contributed by atoms with Crippen molar-refractivity contribution in [3.05, 3.63) is 0 Å². The summed E-state index contributed by atoms with van der Waals surface area (Å²) in [5.74, 6) is 0.799. The van der Waals surface area contributed by atoms with Gasteiger partial charge in [-0.1, -0.05) is 266 Å². The van der Waals surface area contributed by atoms with Crippen LogP contribution >= 0.6 is 0 Å². The van der Waals surface area contributed by atoms with E-state index in [0.717, 1.165) is 69.6 Å². The summed E-state index contributed by atoms with van der Waals surface area (Å²) >= 11 is 0. The van der Waals surface area contributed by atoms with Crippen LogP contribution in [0.5, 0.6) is 0 Å². The van der Waals surface area contributed by atoms with Gasteiger partial charge >= 0.3 is 17.9 Å². The maximum absolute atomic E-state index is 12.8. The van der Waals surface area contributed by atoms with Crippen LogP contribution in [0.3, 0.4) is 0 Å². The van der Waals surface area contributed by atoms with E-state index in [9.17, 15) is 14.4 Å². The normalized spacial score (nSPS) is 12.0. The molecule has 0 rings (SSSR count). The Morgan fingerprint density at radius 3 is 0.803 bits per heavy atom. The highest BCUT2D eigenvalue weighted by Crippen LogP contribution is 2.18. The first-order valence-corrected chi connectivity index (χ1v) is 27.2. The van der Waals surface area contributed by atoms with E-state index in [-0.39, 0.29) is 31.1 Å². The second-order valence-corrected chi connectivity index (χ2v) is 19.8. The zero-order chi connectivity index (χ0) is 44.7. The third-order valence-electron chi connectivity index (χ3n) is 12.5. The maximum Gasteiger partial charge on any atom is 0.306 e. The molecular formula is C55H106O6. The van der Waals surface area contributed by atoms with Crippen LogP contribution in [-0.4, -0.2) is 37.2 Å². The van der Waals surface area contributed by atoms with Gasteiger partial charge in [0.15, 0.2) is 6.10 Å². The molecule has 0 saturated carbocycles. The van der Waals surface area contributed by atoms with E-state index in [4.69, 9.17) is 14.2 Å². The molecule has 6 heteroatoms. The molecule has 362 valence electrons. The second kappa shape index (κ2) is 47.9. The summed E-state index contributed by atoms with van der Waals surface area (Å²) in [6.45, 7) is 11.4. The number of carbonyl (C=O) groups excluding carboxylic acids is 3. The molecule has 0 aromatic carbocycles. The molecule has 0 radical (unpaired) electrons. The molecule has 0 amide bonds. The van der Waals surface area contributed by atoms with Crippen LogP contribution in [0, 0.1) is 11.8 Å². The van der Waals surface area contributed by atoms with E-state index in [2.05, 4.69) is 34.6 Å². The van der Waals surface area contributed by atoms with Crippen LogP contribution in [-0.2, 0) is 28.6 Å². The molecule has 0 unspecified atom stereocenters. The summed E-state index contributed by atoms with van der Waals surface area (Å²) in [6.07, 6.45) is 49.5. The zero-order valence-electron chi connectivity index (χ0n) is 41.8. The van der Waals surface area contributed by atoms with Gasteiger partial charge in [-0.25, -0.2) is 0 Å². The molecule has 0 spiro atoms. The van der Waals surface area contributed by atoms with Gasteiger partial charge in [0.05, 0.1) is 0 Å². The molecule has 0 aliphatic rings. The van der Waals surface area contributed by atoms with Gasteiger partial charge in [0.25, 0.3) is 0 Å². The molecule has 61 heavy (non-hydrogen) atoms. The van der Waals surface area contributed by atoms with E-state index in [1.807, 2.05) is 0 Å². The lowest BCUT2D eigenvalue weighted by atomic mass is 10.0. The van der Waals surface area contributed by atoms with Crippen LogP contribution in [0.1, 0.15) is 304 Å². The molecule has 0 aliphatic carbocycles. The number of hydrogen-bond acceptors (Lipinski definition) is 6. The standard InChI is InChI=1S/C55H106O6/c1-6-7-8-9-10-11-12-13-14-15-16-19-25-30-35-40-45-53(56)59-48-52(49-60-54(57)46-41-36-31-26-22-21-24-29-34-39-44-51(4)5)61-55(58)47-42-37-32-27-20-17-18-23-28-33-38-43-50(2)3/h50-52H,6-49H2,1-5H3/t52-/m1/s1. The van der Waals surface area contributed by atoms with Crippen molar-refractivity contribution in [1.29, 1.82) is 0 Å². The highest BCUT2D eigenvalue weighted by molar-refractivity contribution is 5.71. The van der Waals surface area contributed by atoms with Gasteiger partial charge in [0, 0.05) is 19.3 Å². The number of carbonyl (C=O) groups is 3. The summed E-state index contributed by atoms with van der Waals surface area (Å²) in [4.78, 5) is 38.0. The molecule has 0 aliphatic heterocycles. The fourth-order valence-corrected chi connectivity index (χ4v) is 8.34. The number of hydrogen-bond donors (Lipinski definition) is 0. The molecule has 0 fully saturated rings. The van der Waals surface area contributed by atoms with E-state index >= 15 is 0 Å². The van der Waals surface area contributed by atoms with E-state index in [1.54, 1.807) is 0 Å². The van der Waals surface area contributed by atoms with Crippen LogP contribution in [0.15, 0.2) is 0 Å². The van der Waals surface area contributed by atoms with Crippen molar-refractivity contribution < 1.29 is 28.6 Å². The zero-order valence-corrected chi connectivity index (χ0v) is 41.8. The lowest BCUT2D eigenvalue weighted by Crippen LogP contribution is -2.30. The fourth-order valence-electron chi connectivity index (χ4n) is 8.34. The fraction of sp³-hybridized carbons (Fsp3) is 0.945. The largest absolute Gasteiger partial charge is 0.462 e.